The van der Waals surface area contributed by atoms with Gasteiger partial charge in [0.1, 0.15) is 0 Å². The average molecular weight is 231 g/mol. The van der Waals surface area contributed by atoms with E-state index in [0.717, 1.165) is 11.7 Å². The number of nitrogens with two attached hydrogens (primary N) is 1. The van der Waals surface area contributed by atoms with Crippen LogP contribution in [0.3, 0.4) is 0 Å². The summed E-state index contributed by atoms with van der Waals surface area (Å²) in [6.07, 6.45) is 3.97. The molecule has 0 aliphatic carbocycles. The molecule has 3 N–H and O–H groups in total. The largest absolute Gasteiger partial charge is 0.398 e. The Bertz CT molecular complexity index is 416. The Kier molecular flexibility index (Phi) is 2.71. The van der Waals surface area contributed by atoms with Gasteiger partial charge in [-0.05, 0) is 50.4 Å². The van der Waals surface area contributed by atoms with Crippen molar-refractivity contribution in [2.45, 2.75) is 38.3 Å². The first-order chi connectivity index (χ1) is 8.25. The maximum atomic E-state index is 5.95. The highest BCUT2D eigenvalue weighted by Crippen LogP contribution is 2.31. The number of nitrogen functional groups attached to an aromatic ring is 1. The fraction of sp³-hybridized carbons (Fsp3) is 0.571. The van der Waals surface area contributed by atoms with E-state index < -0.39 is 0 Å². The molecule has 0 saturated carbocycles. The minimum atomic E-state index is 0.609. The lowest BCUT2D eigenvalue weighted by Crippen LogP contribution is -2.33. The molecule has 17 heavy (non-hydrogen) atoms. The maximum Gasteiger partial charge on any atom is 0.0429 e. The molecule has 1 aromatic rings. The molecule has 0 bridgehead atoms. The smallest absolute Gasteiger partial charge is 0.0429 e. The molecule has 0 amide bonds. The van der Waals surface area contributed by atoms with Crippen molar-refractivity contribution in [1.82, 2.24) is 4.90 Å². The third kappa shape index (κ3) is 1.89. The number of benzene rings is 1. The molecule has 3 nitrogen and oxygen atoms in total. The highest BCUT2D eigenvalue weighted by molar-refractivity contribution is 5.63. The topological polar surface area (TPSA) is 41.3 Å². The summed E-state index contributed by atoms with van der Waals surface area (Å²) < 4.78 is 0. The van der Waals surface area contributed by atoms with Gasteiger partial charge in [0.05, 0.1) is 0 Å². The van der Waals surface area contributed by atoms with Crippen LogP contribution in [0, 0.1) is 6.92 Å². The lowest BCUT2D eigenvalue weighted by atomic mass is 10.0. The zero-order valence-corrected chi connectivity index (χ0v) is 10.4. The summed E-state index contributed by atoms with van der Waals surface area (Å²) in [6.45, 7) is 4.64. The second-order valence-electron chi connectivity index (χ2n) is 5.30. The first-order valence-corrected chi connectivity index (χ1v) is 6.61. The molecule has 2 aliphatic heterocycles. The van der Waals surface area contributed by atoms with Crippen molar-refractivity contribution >= 4 is 11.4 Å². The summed E-state index contributed by atoms with van der Waals surface area (Å²) in [5.41, 5.74) is 9.23. The van der Waals surface area contributed by atoms with Crippen LogP contribution in [0.1, 0.15) is 24.8 Å². The minimum Gasteiger partial charge on any atom is -0.398 e. The number of hydrogen-bond acceptors (Lipinski definition) is 3. The summed E-state index contributed by atoms with van der Waals surface area (Å²) in [6, 6.07) is 7.50. The van der Waals surface area contributed by atoms with Gasteiger partial charge in [0.2, 0.25) is 0 Å². The van der Waals surface area contributed by atoms with Crippen molar-refractivity contribution in [3.63, 3.8) is 0 Å². The van der Waals surface area contributed by atoms with Crippen LogP contribution in [-0.4, -0.2) is 30.1 Å². The van der Waals surface area contributed by atoms with E-state index in [9.17, 15) is 0 Å². The van der Waals surface area contributed by atoms with Gasteiger partial charge in [-0.1, -0.05) is 6.07 Å². The summed E-state index contributed by atoms with van der Waals surface area (Å²) in [4.78, 5) is 2.62. The van der Waals surface area contributed by atoms with Crippen LogP contribution in [0.2, 0.25) is 0 Å². The normalized spacial score (nSPS) is 28.3. The van der Waals surface area contributed by atoms with Crippen LogP contribution in [0.5, 0.6) is 0 Å². The summed E-state index contributed by atoms with van der Waals surface area (Å²) in [7, 11) is 0. The molecular formula is C14H21N3. The number of hydrogen-bond donors (Lipinski definition) is 2. The number of rotatable bonds is 2. The van der Waals surface area contributed by atoms with Gasteiger partial charge >= 0.3 is 0 Å². The Morgan fingerprint density at radius 2 is 2.18 bits per heavy atom. The molecule has 3 heteroatoms. The summed E-state index contributed by atoms with van der Waals surface area (Å²) >= 11 is 0. The van der Waals surface area contributed by atoms with Gasteiger partial charge in [-0.2, -0.15) is 0 Å². The average Bonchev–Trinajstić information content (AvgIpc) is 2.89. The van der Waals surface area contributed by atoms with E-state index in [1.807, 2.05) is 12.1 Å². The zero-order valence-electron chi connectivity index (χ0n) is 10.4. The fourth-order valence-corrected chi connectivity index (χ4v) is 3.26. The highest BCUT2D eigenvalue weighted by atomic mass is 15.2. The van der Waals surface area contributed by atoms with Gasteiger partial charge in [-0.15, -0.1) is 0 Å². The molecule has 1 aromatic carbocycles. The Labute approximate surface area is 103 Å². The SMILES string of the molecule is Cc1c(N)cccc1NC1CCN2CCCC12. The Balaban J connectivity index is 1.76. The molecule has 0 radical (unpaired) electrons. The van der Waals surface area contributed by atoms with Gasteiger partial charge in [-0.3, -0.25) is 4.90 Å². The summed E-state index contributed by atoms with van der Waals surface area (Å²) in [5, 5.41) is 3.70. The second kappa shape index (κ2) is 4.22. The van der Waals surface area contributed by atoms with E-state index >= 15 is 0 Å². The molecule has 0 aromatic heterocycles. The molecule has 2 aliphatic rings. The first kappa shape index (κ1) is 10.9. The molecule has 2 fully saturated rings. The summed E-state index contributed by atoms with van der Waals surface area (Å²) in [5.74, 6) is 0. The highest BCUT2D eigenvalue weighted by Gasteiger charge is 2.37. The standard InChI is InChI=1S/C14H21N3/c1-10-11(15)4-2-5-12(10)16-13-7-9-17-8-3-6-14(13)17/h2,4-5,13-14,16H,3,6-9,15H2,1H3. The van der Waals surface area contributed by atoms with E-state index in [4.69, 9.17) is 5.73 Å². The number of fused-ring (bicyclic) bond motifs is 1. The van der Waals surface area contributed by atoms with E-state index in [2.05, 4.69) is 23.2 Å². The lowest BCUT2D eigenvalue weighted by Gasteiger charge is -2.23. The van der Waals surface area contributed by atoms with Crippen molar-refractivity contribution in [3.8, 4) is 0 Å². The third-order valence-corrected chi connectivity index (χ3v) is 4.32. The molecule has 2 unspecified atom stereocenters. The lowest BCUT2D eigenvalue weighted by molar-refractivity contribution is 0.318. The first-order valence-electron chi connectivity index (χ1n) is 6.61. The van der Waals surface area contributed by atoms with Crippen molar-refractivity contribution in [1.29, 1.82) is 0 Å². The Morgan fingerprint density at radius 1 is 1.29 bits per heavy atom. The Morgan fingerprint density at radius 3 is 3.06 bits per heavy atom. The van der Waals surface area contributed by atoms with Crippen molar-refractivity contribution < 1.29 is 0 Å². The number of anilines is 2. The van der Waals surface area contributed by atoms with E-state index in [1.165, 1.54) is 43.6 Å². The minimum absolute atomic E-state index is 0.609. The van der Waals surface area contributed by atoms with Crippen molar-refractivity contribution in [2.75, 3.05) is 24.1 Å². The monoisotopic (exact) mass is 231 g/mol. The van der Waals surface area contributed by atoms with Crippen LogP contribution in [0.25, 0.3) is 0 Å². The Hall–Kier alpha value is -1.22. The zero-order chi connectivity index (χ0) is 11.8. The van der Waals surface area contributed by atoms with E-state index in [-0.39, 0.29) is 0 Å². The predicted molar refractivity (Wildman–Crippen MR) is 72.2 cm³/mol. The van der Waals surface area contributed by atoms with Crippen LogP contribution in [-0.2, 0) is 0 Å². The quantitative estimate of drug-likeness (QED) is 0.767. The fourth-order valence-electron chi connectivity index (χ4n) is 3.26. The number of nitrogens with one attached hydrogen (secondary N) is 1. The maximum absolute atomic E-state index is 5.95. The third-order valence-electron chi connectivity index (χ3n) is 4.32. The van der Waals surface area contributed by atoms with Gasteiger partial charge in [0.15, 0.2) is 0 Å². The number of nitrogens with zero attached hydrogens (tertiary/aromatic N) is 1. The molecular weight excluding hydrogens is 210 g/mol. The van der Waals surface area contributed by atoms with Crippen LogP contribution < -0.4 is 11.1 Å². The van der Waals surface area contributed by atoms with Crippen LogP contribution in [0.15, 0.2) is 18.2 Å². The predicted octanol–water partition coefficient (Wildman–Crippen LogP) is 2.23. The molecule has 92 valence electrons. The van der Waals surface area contributed by atoms with E-state index in [1.54, 1.807) is 0 Å². The van der Waals surface area contributed by atoms with Gasteiger partial charge < -0.3 is 11.1 Å². The van der Waals surface area contributed by atoms with E-state index in [0.29, 0.717) is 6.04 Å². The molecule has 3 rings (SSSR count). The molecule has 0 spiro atoms. The van der Waals surface area contributed by atoms with Crippen molar-refractivity contribution in [3.05, 3.63) is 23.8 Å². The molecule has 2 atom stereocenters. The van der Waals surface area contributed by atoms with Gasteiger partial charge in [0.25, 0.3) is 0 Å². The van der Waals surface area contributed by atoms with Gasteiger partial charge in [-0.25, -0.2) is 0 Å². The molecule has 2 heterocycles. The van der Waals surface area contributed by atoms with Crippen LogP contribution in [0.4, 0.5) is 11.4 Å². The van der Waals surface area contributed by atoms with Crippen molar-refractivity contribution in [2.24, 2.45) is 0 Å². The van der Waals surface area contributed by atoms with Crippen LogP contribution >= 0.6 is 0 Å². The second-order valence-corrected chi connectivity index (χ2v) is 5.30. The molecule has 2 saturated heterocycles. The van der Waals surface area contributed by atoms with Gasteiger partial charge in [0, 0.05) is 30.0 Å².